The molecule has 0 radical (unpaired) electrons. The Hall–Kier alpha value is -2.21. The zero-order valence-electron chi connectivity index (χ0n) is 9.87. The van der Waals surface area contributed by atoms with Gasteiger partial charge in [-0.05, 0) is 18.6 Å². The van der Waals surface area contributed by atoms with Gasteiger partial charge in [-0.15, -0.1) is 0 Å². The highest BCUT2D eigenvalue weighted by molar-refractivity contribution is 5.91. The molecule has 6 heteroatoms. The second-order valence-electron chi connectivity index (χ2n) is 3.78. The Bertz CT molecular complexity index is 469. The molecular formula is C12H14N2O4. The number of carbonyl (C=O) groups is 1. The number of amides is 1. The predicted octanol–water partition coefficient (Wildman–Crippen LogP) is 1.11. The highest BCUT2D eigenvalue weighted by Gasteiger charge is 2.04. The van der Waals surface area contributed by atoms with Gasteiger partial charge in [-0.2, -0.15) is 0 Å². The maximum absolute atomic E-state index is 11.3. The predicted molar refractivity (Wildman–Crippen MR) is 66.8 cm³/mol. The lowest BCUT2D eigenvalue weighted by atomic mass is 10.2. The molecule has 96 valence electrons. The summed E-state index contributed by atoms with van der Waals surface area (Å²) in [5.74, 6) is -0.359. The SMILES string of the molecule is CC(O)CNC(=O)/C=C/c1cccc([N+](=O)[O-])c1. The zero-order chi connectivity index (χ0) is 13.5. The van der Waals surface area contributed by atoms with Gasteiger partial charge in [0.2, 0.25) is 5.91 Å². The molecule has 1 unspecified atom stereocenters. The number of hydrogen-bond acceptors (Lipinski definition) is 4. The number of nitrogens with one attached hydrogen (secondary N) is 1. The standard InChI is InChI=1S/C12H14N2O4/c1-9(15)8-13-12(16)6-5-10-3-2-4-11(7-10)14(17)18/h2-7,9,15H,8H2,1H3,(H,13,16)/b6-5+. The van der Waals surface area contributed by atoms with E-state index in [9.17, 15) is 14.9 Å². The summed E-state index contributed by atoms with van der Waals surface area (Å²) >= 11 is 0. The number of aliphatic hydroxyl groups is 1. The lowest BCUT2D eigenvalue weighted by molar-refractivity contribution is -0.384. The van der Waals surface area contributed by atoms with E-state index in [1.807, 2.05) is 0 Å². The van der Waals surface area contributed by atoms with E-state index < -0.39 is 11.0 Å². The van der Waals surface area contributed by atoms with Gasteiger partial charge in [-0.1, -0.05) is 12.1 Å². The van der Waals surface area contributed by atoms with E-state index in [4.69, 9.17) is 5.11 Å². The minimum atomic E-state index is -0.611. The van der Waals surface area contributed by atoms with Gasteiger partial charge in [-0.25, -0.2) is 0 Å². The fourth-order valence-electron chi connectivity index (χ4n) is 1.22. The normalized spacial score (nSPS) is 12.3. The second-order valence-corrected chi connectivity index (χ2v) is 3.78. The first kappa shape index (κ1) is 13.9. The maximum Gasteiger partial charge on any atom is 0.270 e. The molecule has 0 heterocycles. The van der Waals surface area contributed by atoms with Gasteiger partial charge in [0.25, 0.3) is 5.69 Å². The molecule has 1 aromatic carbocycles. The van der Waals surface area contributed by atoms with Crippen molar-refractivity contribution < 1.29 is 14.8 Å². The van der Waals surface area contributed by atoms with Gasteiger partial charge in [-0.3, -0.25) is 14.9 Å². The number of benzene rings is 1. The Balaban J connectivity index is 2.64. The Kier molecular flexibility index (Phi) is 5.01. The molecule has 2 N–H and O–H groups in total. The smallest absolute Gasteiger partial charge is 0.270 e. The van der Waals surface area contributed by atoms with E-state index in [0.29, 0.717) is 5.56 Å². The number of nitro benzene ring substituents is 1. The average molecular weight is 250 g/mol. The molecule has 0 fully saturated rings. The Labute approximate surface area is 104 Å². The average Bonchev–Trinajstić information content (AvgIpc) is 2.34. The lowest BCUT2D eigenvalue weighted by Gasteiger charge is -2.03. The first-order valence-corrected chi connectivity index (χ1v) is 5.37. The number of aliphatic hydroxyl groups excluding tert-OH is 1. The Morgan fingerprint density at radius 2 is 2.33 bits per heavy atom. The van der Waals surface area contributed by atoms with Gasteiger partial charge >= 0.3 is 0 Å². The third kappa shape index (κ3) is 4.75. The lowest BCUT2D eigenvalue weighted by Crippen LogP contribution is -2.28. The van der Waals surface area contributed by atoms with Crippen LogP contribution in [0, 0.1) is 10.1 Å². The van der Waals surface area contributed by atoms with Crippen LogP contribution in [0.25, 0.3) is 6.08 Å². The van der Waals surface area contributed by atoms with Crippen LogP contribution in [0.4, 0.5) is 5.69 Å². The van der Waals surface area contributed by atoms with Crippen molar-refractivity contribution in [2.75, 3.05) is 6.54 Å². The van der Waals surface area contributed by atoms with E-state index >= 15 is 0 Å². The summed E-state index contributed by atoms with van der Waals surface area (Å²) in [5, 5.41) is 22.0. The van der Waals surface area contributed by atoms with Crippen molar-refractivity contribution in [3.8, 4) is 0 Å². The van der Waals surface area contributed by atoms with Crippen LogP contribution in [-0.2, 0) is 4.79 Å². The topological polar surface area (TPSA) is 92.5 Å². The zero-order valence-corrected chi connectivity index (χ0v) is 9.87. The Morgan fingerprint density at radius 1 is 1.61 bits per heavy atom. The van der Waals surface area contributed by atoms with Crippen LogP contribution >= 0.6 is 0 Å². The van der Waals surface area contributed by atoms with Gasteiger partial charge in [0.15, 0.2) is 0 Å². The van der Waals surface area contributed by atoms with Crippen molar-refractivity contribution in [1.29, 1.82) is 0 Å². The first-order chi connectivity index (χ1) is 8.49. The highest BCUT2D eigenvalue weighted by Crippen LogP contribution is 2.13. The fraction of sp³-hybridized carbons (Fsp3) is 0.250. The van der Waals surface area contributed by atoms with E-state index in [0.717, 1.165) is 0 Å². The van der Waals surface area contributed by atoms with Crippen LogP contribution in [0.15, 0.2) is 30.3 Å². The highest BCUT2D eigenvalue weighted by atomic mass is 16.6. The number of rotatable bonds is 5. The number of carbonyl (C=O) groups excluding carboxylic acids is 1. The van der Waals surface area contributed by atoms with Gasteiger partial charge in [0, 0.05) is 24.8 Å². The Morgan fingerprint density at radius 3 is 2.94 bits per heavy atom. The quantitative estimate of drug-likeness (QED) is 0.465. The van der Waals surface area contributed by atoms with E-state index in [1.54, 1.807) is 19.1 Å². The van der Waals surface area contributed by atoms with E-state index in [-0.39, 0.29) is 18.1 Å². The molecule has 18 heavy (non-hydrogen) atoms. The molecule has 0 saturated carbocycles. The minimum absolute atomic E-state index is 0.0264. The molecule has 6 nitrogen and oxygen atoms in total. The molecule has 0 aliphatic carbocycles. The van der Waals surface area contributed by atoms with Crippen LogP contribution in [0.3, 0.4) is 0 Å². The van der Waals surface area contributed by atoms with Gasteiger partial charge in [0.05, 0.1) is 11.0 Å². The molecule has 0 aromatic heterocycles. The molecule has 1 amide bonds. The van der Waals surface area contributed by atoms with Crippen molar-refractivity contribution in [3.05, 3.63) is 46.0 Å². The van der Waals surface area contributed by atoms with Crippen molar-refractivity contribution in [1.82, 2.24) is 5.32 Å². The molecule has 0 aliphatic heterocycles. The molecule has 1 aromatic rings. The number of nitrogens with zero attached hydrogens (tertiary/aromatic N) is 1. The minimum Gasteiger partial charge on any atom is -0.392 e. The summed E-state index contributed by atoms with van der Waals surface area (Å²) in [5.41, 5.74) is 0.540. The van der Waals surface area contributed by atoms with Crippen molar-refractivity contribution >= 4 is 17.7 Å². The summed E-state index contributed by atoms with van der Waals surface area (Å²) in [6, 6.07) is 5.96. The largest absolute Gasteiger partial charge is 0.392 e. The van der Waals surface area contributed by atoms with Crippen LogP contribution in [0.2, 0.25) is 0 Å². The molecule has 0 saturated heterocycles. The molecule has 1 atom stereocenters. The molecule has 0 bridgehead atoms. The van der Waals surface area contributed by atoms with Gasteiger partial charge in [0.1, 0.15) is 0 Å². The third-order valence-electron chi connectivity index (χ3n) is 2.08. The summed E-state index contributed by atoms with van der Waals surface area (Å²) in [6.07, 6.45) is 2.13. The van der Waals surface area contributed by atoms with Crippen LogP contribution in [0.1, 0.15) is 12.5 Å². The summed E-state index contributed by atoms with van der Waals surface area (Å²) in [7, 11) is 0. The van der Waals surface area contributed by atoms with Crippen LogP contribution < -0.4 is 5.32 Å². The monoisotopic (exact) mass is 250 g/mol. The summed E-state index contributed by atoms with van der Waals surface area (Å²) in [6.45, 7) is 1.72. The third-order valence-corrected chi connectivity index (χ3v) is 2.08. The number of hydrogen-bond donors (Lipinski definition) is 2. The van der Waals surface area contributed by atoms with Crippen molar-refractivity contribution in [3.63, 3.8) is 0 Å². The summed E-state index contributed by atoms with van der Waals surface area (Å²) in [4.78, 5) is 21.3. The van der Waals surface area contributed by atoms with E-state index in [1.165, 1.54) is 24.3 Å². The molecule has 0 spiro atoms. The van der Waals surface area contributed by atoms with Crippen LogP contribution in [-0.4, -0.2) is 28.6 Å². The molecule has 1 rings (SSSR count). The number of nitro groups is 1. The van der Waals surface area contributed by atoms with Crippen molar-refractivity contribution in [2.24, 2.45) is 0 Å². The number of non-ortho nitro benzene ring substituents is 1. The molecular weight excluding hydrogens is 236 g/mol. The second kappa shape index (κ2) is 6.51. The van der Waals surface area contributed by atoms with Crippen molar-refractivity contribution in [2.45, 2.75) is 13.0 Å². The molecule has 0 aliphatic rings. The fourth-order valence-corrected chi connectivity index (χ4v) is 1.22. The summed E-state index contributed by atoms with van der Waals surface area (Å²) < 4.78 is 0. The maximum atomic E-state index is 11.3. The van der Waals surface area contributed by atoms with E-state index in [2.05, 4.69) is 5.32 Å². The first-order valence-electron chi connectivity index (χ1n) is 5.37. The van der Waals surface area contributed by atoms with Gasteiger partial charge < -0.3 is 10.4 Å². The van der Waals surface area contributed by atoms with Crippen LogP contribution in [0.5, 0.6) is 0 Å².